The van der Waals surface area contributed by atoms with E-state index in [0.29, 0.717) is 0 Å². The summed E-state index contributed by atoms with van der Waals surface area (Å²) in [6, 6.07) is 12.1. The van der Waals surface area contributed by atoms with Crippen molar-refractivity contribution in [1.29, 1.82) is 0 Å². The van der Waals surface area contributed by atoms with E-state index in [1.54, 1.807) is 0 Å². The van der Waals surface area contributed by atoms with Crippen molar-refractivity contribution in [3.05, 3.63) is 42.0 Å². The number of hydrogen-bond acceptors (Lipinski definition) is 3. The van der Waals surface area contributed by atoms with E-state index in [9.17, 15) is 0 Å². The van der Waals surface area contributed by atoms with E-state index in [2.05, 4.69) is 15.5 Å². The third-order valence-electron chi connectivity index (χ3n) is 2.29. The maximum atomic E-state index is 4.17. The second kappa shape index (κ2) is 4.09. The van der Waals surface area contributed by atoms with E-state index in [0.717, 1.165) is 22.6 Å². The quantitative estimate of drug-likeness (QED) is 0.807. The van der Waals surface area contributed by atoms with Gasteiger partial charge in [-0.3, -0.25) is 0 Å². The van der Waals surface area contributed by atoms with E-state index in [1.807, 2.05) is 50.4 Å². The van der Waals surface area contributed by atoms with Crippen molar-refractivity contribution in [1.82, 2.24) is 10.2 Å². The maximum absolute atomic E-state index is 4.17. The number of nitrogens with one attached hydrogen (secondary N) is 1. The average molecular weight is 199 g/mol. The highest BCUT2D eigenvalue weighted by Gasteiger charge is 2.02. The van der Waals surface area contributed by atoms with Crippen LogP contribution in [-0.4, -0.2) is 17.2 Å². The summed E-state index contributed by atoms with van der Waals surface area (Å²) in [4.78, 5) is 0. The topological polar surface area (TPSA) is 37.8 Å². The highest BCUT2D eigenvalue weighted by Crippen LogP contribution is 2.19. The van der Waals surface area contributed by atoms with Crippen molar-refractivity contribution in [3.8, 4) is 11.3 Å². The molecule has 0 amide bonds. The lowest BCUT2D eigenvalue weighted by Gasteiger charge is -2.05. The SMILES string of the molecule is CNc1nnc(-c2ccccc2)cc1C. The molecule has 2 rings (SSSR count). The summed E-state index contributed by atoms with van der Waals surface area (Å²) in [5, 5.41) is 11.3. The molecule has 0 spiro atoms. The third-order valence-corrected chi connectivity index (χ3v) is 2.29. The van der Waals surface area contributed by atoms with Crippen LogP contribution in [0.5, 0.6) is 0 Å². The van der Waals surface area contributed by atoms with Gasteiger partial charge in [-0.1, -0.05) is 30.3 Å². The Kier molecular flexibility index (Phi) is 2.63. The first kappa shape index (κ1) is 9.65. The first-order chi connectivity index (χ1) is 7.31. The highest BCUT2D eigenvalue weighted by molar-refractivity contribution is 5.61. The van der Waals surface area contributed by atoms with Gasteiger partial charge in [0, 0.05) is 12.6 Å². The fourth-order valence-corrected chi connectivity index (χ4v) is 1.48. The van der Waals surface area contributed by atoms with Gasteiger partial charge in [0.1, 0.15) is 0 Å². The molecule has 1 aromatic heterocycles. The first-order valence-corrected chi connectivity index (χ1v) is 4.89. The smallest absolute Gasteiger partial charge is 0.151 e. The Bertz CT molecular complexity index is 452. The van der Waals surface area contributed by atoms with Gasteiger partial charge in [-0.25, -0.2) is 0 Å². The lowest BCUT2D eigenvalue weighted by molar-refractivity contribution is 1.02. The number of nitrogens with zero attached hydrogens (tertiary/aromatic N) is 2. The van der Waals surface area contributed by atoms with Crippen LogP contribution in [0, 0.1) is 6.92 Å². The predicted octanol–water partition coefficient (Wildman–Crippen LogP) is 2.49. The number of aromatic nitrogens is 2. The Morgan fingerprint density at radius 3 is 2.40 bits per heavy atom. The van der Waals surface area contributed by atoms with E-state index in [-0.39, 0.29) is 0 Å². The molecule has 0 unspecified atom stereocenters. The number of anilines is 1. The van der Waals surface area contributed by atoms with Gasteiger partial charge >= 0.3 is 0 Å². The fraction of sp³-hybridized carbons (Fsp3) is 0.167. The fourth-order valence-electron chi connectivity index (χ4n) is 1.48. The number of hydrogen-bond donors (Lipinski definition) is 1. The molecule has 76 valence electrons. The molecule has 1 N–H and O–H groups in total. The third kappa shape index (κ3) is 1.96. The zero-order valence-electron chi connectivity index (χ0n) is 8.86. The van der Waals surface area contributed by atoms with Gasteiger partial charge in [0.2, 0.25) is 0 Å². The summed E-state index contributed by atoms with van der Waals surface area (Å²) < 4.78 is 0. The molecule has 0 fully saturated rings. The monoisotopic (exact) mass is 199 g/mol. The van der Waals surface area contributed by atoms with Crippen molar-refractivity contribution in [2.45, 2.75) is 6.92 Å². The molecule has 2 aromatic rings. The van der Waals surface area contributed by atoms with Gasteiger partial charge in [0.15, 0.2) is 5.82 Å². The summed E-state index contributed by atoms with van der Waals surface area (Å²) in [5.41, 5.74) is 3.11. The summed E-state index contributed by atoms with van der Waals surface area (Å²) in [6.07, 6.45) is 0. The molecule has 0 aliphatic carbocycles. The van der Waals surface area contributed by atoms with Crippen LogP contribution in [-0.2, 0) is 0 Å². The molecule has 0 saturated carbocycles. The van der Waals surface area contributed by atoms with Crippen LogP contribution in [0.25, 0.3) is 11.3 Å². The summed E-state index contributed by atoms with van der Waals surface area (Å²) in [5.74, 6) is 0.828. The molecular weight excluding hydrogens is 186 g/mol. The van der Waals surface area contributed by atoms with Crippen LogP contribution in [0.4, 0.5) is 5.82 Å². The molecule has 15 heavy (non-hydrogen) atoms. The highest BCUT2D eigenvalue weighted by atomic mass is 15.2. The Morgan fingerprint density at radius 2 is 1.80 bits per heavy atom. The zero-order valence-corrected chi connectivity index (χ0v) is 8.86. The molecule has 0 aliphatic heterocycles. The number of aryl methyl sites for hydroxylation is 1. The van der Waals surface area contributed by atoms with Crippen molar-refractivity contribution in [2.75, 3.05) is 12.4 Å². The number of benzene rings is 1. The van der Waals surface area contributed by atoms with E-state index in [1.165, 1.54) is 0 Å². The van der Waals surface area contributed by atoms with Crippen LogP contribution in [0.1, 0.15) is 5.56 Å². The van der Waals surface area contributed by atoms with Gasteiger partial charge in [-0.05, 0) is 18.6 Å². The average Bonchev–Trinajstić information content (AvgIpc) is 2.30. The van der Waals surface area contributed by atoms with Crippen LogP contribution in [0.3, 0.4) is 0 Å². The molecule has 3 heteroatoms. The molecule has 0 atom stereocenters. The lowest BCUT2D eigenvalue weighted by atomic mass is 10.1. The zero-order chi connectivity index (χ0) is 10.7. The Hall–Kier alpha value is -1.90. The minimum atomic E-state index is 0.828. The van der Waals surface area contributed by atoms with E-state index >= 15 is 0 Å². The van der Waals surface area contributed by atoms with Crippen molar-refractivity contribution >= 4 is 5.82 Å². The van der Waals surface area contributed by atoms with Crippen molar-refractivity contribution in [3.63, 3.8) is 0 Å². The first-order valence-electron chi connectivity index (χ1n) is 4.89. The van der Waals surface area contributed by atoms with Gasteiger partial charge in [0.05, 0.1) is 5.69 Å². The molecule has 1 heterocycles. The molecule has 3 nitrogen and oxygen atoms in total. The minimum Gasteiger partial charge on any atom is -0.371 e. The van der Waals surface area contributed by atoms with Gasteiger partial charge in [-0.2, -0.15) is 0 Å². The summed E-state index contributed by atoms with van der Waals surface area (Å²) >= 11 is 0. The standard InChI is InChI=1S/C12H13N3/c1-9-8-11(14-15-12(9)13-2)10-6-4-3-5-7-10/h3-8H,1-2H3,(H,13,15). The van der Waals surface area contributed by atoms with E-state index in [4.69, 9.17) is 0 Å². The maximum Gasteiger partial charge on any atom is 0.151 e. The molecule has 0 aliphatic rings. The van der Waals surface area contributed by atoms with Crippen LogP contribution in [0.15, 0.2) is 36.4 Å². The molecule has 1 aromatic carbocycles. The second-order valence-corrected chi connectivity index (χ2v) is 3.38. The molecule has 0 radical (unpaired) electrons. The van der Waals surface area contributed by atoms with Gasteiger partial charge in [-0.15, -0.1) is 10.2 Å². The molecular formula is C12H13N3. The van der Waals surface area contributed by atoms with Crippen LogP contribution in [0.2, 0.25) is 0 Å². The van der Waals surface area contributed by atoms with E-state index < -0.39 is 0 Å². The normalized spacial score (nSPS) is 10.0. The Morgan fingerprint density at radius 1 is 1.07 bits per heavy atom. The Labute approximate surface area is 89.2 Å². The lowest BCUT2D eigenvalue weighted by Crippen LogP contribution is -1.98. The van der Waals surface area contributed by atoms with Gasteiger partial charge < -0.3 is 5.32 Å². The Balaban J connectivity index is 2.43. The minimum absolute atomic E-state index is 0.828. The largest absolute Gasteiger partial charge is 0.371 e. The van der Waals surface area contributed by atoms with Crippen molar-refractivity contribution < 1.29 is 0 Å². The van der Waals surface area contributed by atoms with Crippen LogP contribution < -0.4 is 5.32 Å². The van der Waals surface area contributed by atoms with Crippen molar-refractivity contribution in [2.24, 2.45) is 0 Å². The van der Waals surface area contributed by atoms with Gasteiger partial charge in [0.25, 0.3) is 0 Å². The summed E-state index contributed by atoms with van der Waals surface area (Å²) in [6.45, 7) is 2.02. The predicted molar refractivity (Wildman–Crippen MR) is 61.8 cm³/mol. The molecule has 0 saturated heterocycles. The van der Waals surface area contributed by atoms with Crippen LogP contribution >= 0.6 is 0 Å². The molecule has 0 bridgehead atoms. The summed E-state index contributed by atoms with van der Waals surface area (Å²) in [7, 11) is 1.85. The number of rotatable bonds is 2. The second-order valence-electron chi connectivity index (χ2n) is 3.38.